The predicted octanol–water partition coefficient (Wildman–Crippen LogP) is 6.15. The van der Waals surface area contributed by atoms with Gasteiger partial charge in [0.15, 0.2) is 0 Å². The topological polar surface area (TPSA) is 33.6 Å². The highest BCUT2D eigenvalue weighted by atomic mass is 19.1. The molecule has 1 aliphatic rings. The summed E-state index contributed by atoms with van der Waals surface area (Å²) in [5.74, 6) is 0.0532. The van der Waals surface area contributed by atoms with Crippen molar-refractivity contribution in [3.8, 4) is 5.75 Å². The molecule has 146 valence electrons. The third-order valence-corrected chi connectivity index (χ3v) is 4.91. The number of nitrogens with zero attached hydrogens (tertiary/aromatic N) is 1. The Hall–Kier alpha value is -3.47. The minimum atomic E-state index is -0.381. The van der Waals surface area contributed by atoms with Gasteiger partial charge in [0.1, 0.15) is 17.4 Å². The van der Waals surface area contributed by atoms with Crippen LogP contribution in [0.1, 0.15) is 17.5 Å². The van der Waals surface area contributed by atoms with E-state index in [2.05, 4.69) is 10.3 Å². The molecule has 0 unspecified atom stereocenters. The number of para-hydroxylation sites is 2. The van der Waals surface area contributed by atoms with Gasteiger partial charge in [0.25, 0.3) is 0 Å². The molecule has 0 saturated heterocycles. The lowest BCUT2D eigenvalue weighted by Gasteiger charge is -2.24. The van der Waals surface area contributed by atoms with Gasteiger partial charge in [-0.25, -0.2) is 8.78 Å². The summed E-state index contributed by atoms with van der Waals surface area (Å²) in [5.41, 5.74) is 4.35. The Balaban J connectivity index is 1.79. The molecule has 5 heteroatoms. The van der Waals surface area contributed by atoms with Gasteiger partial charge in [0, 0.05) is 11.8 Å². The molecule has 0 spiro atoms. The summed E-state index contributed by atoms with van der Waals surface area (Å²) in [6.45, 7) is 0. The Morgan fingerprint density at radius 3 is 2.45 bits per heavy atom. The van der Waals surface area contributed by atoms with Crippen LogP contribution >= 0.6 is 0 Å². The summed E-state index contributed by atoms with van der Waals surface area (Å²) in [5, 5.41) is 3.22. The standard InChI is InChI=1S/C24H20F2N2O/c1-29-18-12-13-19-16(14-18)10-11-17(15-27-22-8-4-2-6-20(22)25)24(19)28-23-9-5-3-7-21(23)26/h2-9,12-15,28H,10-11H2,1H3. The Kier molecular flexibility index (Phi) is 5.38. The lowest BCUT2D eigenvalue weighted by Crippen LogP contribution is -2.13. The van der Waals surface area contributed by atoms with Crippen molar-refractivity contribution in [3.05, 3.63) is 95.1 Å². The maximum absolute atomic E-state index is 14.3. The molecule has 0 bridgehead atoms. The Morgan fingerprint density at radius 2 is 1.69 bits per heavy atom. The molecule has 0 aromatic heterocycles. The number of benzene rings is 3. The minimum absolute atomic E-state index is 0.269. The molecule has 1 N–H and O–H groups in total. The van der Waals surface area contributed by atoms with Crippen molar-refractivity contribution in [3.63, 3.8) is 0 Å². The number of aryl methyl sites for hydroxylation is 1. The summed E-state index contributed by atoms with van der Waals surface area (Å²) in [4.78, 5) is 4.33. The number of halogens is 2. The first kappa shape index (κ1) is 18.9. The Bertz CT molecular complexity index is 1110. The number of hydrogen-bond acceptors (Lipinski definition) is 3. The van der Waals surface area contributed by atoms with Crippen LogP contribution in [0.5, 0.6) is 5.75 Å². The lowest BCUT2D eigenvalue weighted by atomic mass is 9.89. The molecule has 29 heavy (non-hydrogen) atoms. The molecular formula is C24H20F2N2O. The van der Waals surface area contributed by atoms with Gasteiger partial charge in [0.05, 0.1) is 24.2 Å². The molecule has 0 saturated carbocycles. The van der Waals surface area contributed by atoms with Gasteiger partial charge < -0.3 is 10.1 Å². The van der Waals surface area contributed by atoms with Gasteiger partial charge >= 0.3 is 0 Å². The summed E-state index contributed by atoms with van der Waals surface area (Å²) in [6.07, 6.45) is 3.14. The third kappa shape index (κ3) is 4.04. The van der Waals surface area contributed by atoms with Crippen LogP contribution in [-0.4, -0.2) is 13.3 Å². The van der Waals surface area contributed by atoms with Crippen LogP contribution < -0.4 is 10.1 Å². The van der Waals surface area contributed by atoms with Gasteiger partial charge in [-0.2, -0.15) is 0 Å². The van der Waals surface area contributed by atoms with Crippen LogP contribution in [-0.2, 0) is 6.42 Å². The van der Waals surface area contributed by atoms with Crippen molar-refractivity contribution in [1.82, 2.24) is 0 Å². The number of ether oxygens (including phenoxy) is 1. The highest BCUT2D eigenvalue weighted by Gasteiger charge is 2.20. The van der Waals surface area contributed by atoms with Crippen LogP contribution in [0, 0.1) is 11.6 Å². The average Bonchev–Trinajstić information content (AvgIpc) is 2.75. The molecule has 0 heterocycles. The zero-order valence-electron chi connectivity index (χ0n) is 16.0. The second-order valence-electron chi connectivity index (χ2n) is 6.74. The van der Waals surface area contributed by atoms with Crippen molar-refractivity contribution in [2.24, 2.45) is 4.99 Å². The van der Waals surface area contributed by atoms with Crippen LogP contribution in [0.3, 0.4) is 0 Å². The number of aliphatic imine (C=N–C) groups is 1. The zero-order chi connectivity index (χ0) is 20.2. The second-order valence-corrected chi connectivity index (χ2v) is 6.74. The highest BCUT2D eigenvalue weighted by Crippen LogP contribution is 2.34. The van der Waals surface area contributed by atoms with E-state index in [4.69, 9.17) is 4.74 Å². The number of allylic oxidation sites excluding steroid dienone is 1. The van der Waals surface area contributed by atoms with Crippen LogP contribution in [0.4, 0.5) is 20.2 Å². The number of methoxy groups -OCH3 is 1. The minimum Gasteiger partial charge on any atom is -0.497 e. The molecule has 3 nitrogen and oxygen atoms in total. The van der Waals surface area contributed by atoms with Crippen molar-refractivity contribution in [2.75, 3.05) is 12.4 Å². The predicted molar refractivity (Wildman–Crippen MR) is 113 cm³/mol. The SMILES string of the molecule is COc1ccc2c(c1)CCC(C=Nc1ccccc1F)=C2Nc1ccccc1F. The summed E-state index contributed by atoms with van der Waals surface area (Å²) in [6, 6.07) is 18.7. The van der Waals surface area contributed by atoms with Crippen molar-refractivity contribution in [2.45, 2.75) is 12.8 Å². The maximum Gasteiger partial charge on any atom is 0.148 e. The summed E-state index contributed by atoms with van der Waals surface area (Å²) < 4.78 is 33.6. The Labute approximate surface area is 168 Å². The average molecular weight is 390 g/mol. The van der Waals surface area contributed by atoms with Crippen LogP contribution in [0.15, 0.2) is 77.3 Å². The molecule has 1 aliphatic carbocycles. The van der Waals surface area contributed by atoms with Gasteiger partial charge in [-0.05, 0) is 66.4 Å². The van der Waals surface area contributed by atoms with Crippen molar-refractivity contribution in [1.29, 1.82) is 0 Å². The molecular weight excluding hydrogens is 370 g/mol. The summed E-state index contributed by atoms with van der Waals surface area (Å²) in [7, 11) is 1.63. The van der Waals surface area contributed by atoms with Crippen LogP contribution in [0.2, 0.25) is 0 Å². The number of rotatable bonds is 5. The first-order chi connectivity index (χ1) is 14.2. The van der Waals surface area contributed by atoms with Gasteiger partial charge in [-0.1, -0.05) is 24.3 Å². The fourth-order valence-electron chi connectivity index (χ4n) is 3.39. The quantitative estimate of drug-likeness (QED) is 0.531. The van der Waals surface area contributed by atoms with Gasteiger partial charge in [0.2, 0.25) is 0 Å². The van der Waals surface area contributed by atoms with Crippen molar-refractivity contribution >= 4 is 23.3 Å². The van der Waals surface area contributed by atoms with E-state index >= 15 is 0 Å². The number of anilines is 1. The van der Waals surface area contributed by atoms with E-state index in [9.17, 15) is 8.78 Å². The third-order valence-electron chi connectivity index (χ3n) is 4.91. The fourth-order valence-corrected chi connectivity index (χ4v) is 3.39. The molecule has 0 radical (unpaired) electrons. The van der Waals surface area contributed by atoms with E-state index in [1.165, 1.54) is 12.1 Å². The molecule has 0 atom stereocenters. The largest absolute Gasteiger partial charge is 0.497 e. The number of hydrogen-bond donors (Lipinski definition) is 1. The monoisotopic (exact) mass is 390 g/mol. The molecule has 4 rings (SSSR count). The second kappa shape index (κ2) is 8.27. The maximum atomic E-state index is 14.3. The molecule has 3 aromatic carbocycles. The lowest BCUT2D eigenvalue weighted by molar-refractivity contribution is 0.414. The number of fused-ring (bicyclic) bond motifs is 1. The normalized spacial score (nSPS) is 13.5. The van der Waals surface area contributed by atoms with Crippen molar-refractivity contribution < 1.29 is 13.5 Å². The molecule has 0 amide bonds. The highest BCUT2D eigenvalue weighted by molar-refractivity contribution is 5.97. The van der Waals surface area contributed by atoms with E-state index in [1.807, 2.05) is 18.2 Å². The van der Waals surface area contributed by atoms with Gasteiger partial charge in [-0.15, -0.1) is 0 Å². The summed E-state index contributed by atoms with van der Waals surface area (Å²) >= 11 is 0. The molecule has 0 aliphatic heterocycles. The van der Waals surface area contributed by atoms with Crippen LogP contribution in [0.25, 0.3) is 5.70 Å². The van der Waals surface area contributed by atoms with Gasteiger partial charge in [-0.3, -0.25) is 4.99 Å². The van der Waals surface area contributed by atoms with E-state index in [-0.39, 0.29) is 17.3 Å². The molecule has 3 aromatic rings. The fraction of sp³-hybridized carbons (Fsp3) is 0.125. The van der Waals surface area contributed by atoms with E-state index in [0.717, 1.165) is 34.6 Å². The Morgan fingerprint density at radius 1 is 0.931 bits per heavy atom. The smallest absolute Gasteiger partial charge is 0.148 e. The van der Waals surface area contributed by atoms with E-state index in [0.29, 0.717) is 12.1 Å². The zero-order valence-corrected chi connectivity index (χ0v) is 16.0. The number of nitrogens with one attached hydrogen (secondary N) is 1. The first-order valence-corrected chi connectivity index (χ1v) is 9.36. The molecule has 0 fully saturated rings. The van der Waals surface area contributed by atoms with E-state index < -0.39 is 0 Å². The van der Waals surface area contributed by atoms with E-state index in [1.54, 1.807) is 49.7 Å². The first-order valence-electron chi connectivity index (χ1n) is 9.36.